The second-order valence-corrected chi connectivity index (χ2v) is 4.91. The molecule has 1 unspecified atom stereocenters. The Morgan fingerprint density at radius 3 is 2.37 bits per heavy atom. The van der Waals surface area contributed by atoms with Crippen LogP contribution in [0.5, 0.6) is 0 Å². The molecular formula is C15H14ClF2N. The molecule has 2 aromatic carbocycles. The van der Waals surface area contributed by atoms with Gasteiger partial charge in [-0.3, -0.25) is 0 Å². The van der Waals surface area contributed by atoms with Gasteiger partial charge in [-0.15, -0.1) is 0 Å². The molecule has 1 nitrogen and oxygen atoms in total. The minimum Gasteiger partial charge on any atom is -0.327 e. The molecule has 19 heavy (non-hydrogen) atoms. The highest BCUT2D eigenvalue weighted by Gasteiger charge is 2.11. The van der Waals surface area contributed by atoms with E-state index in [2.05, 4.69) is 0 Å². The topological polar surface area (TPSA) is 26.0 Å². The smallest absolute Gasteiger partial charge is 0.145 e. The lowest BCUT2D eigenvalue weighted by Crippen LogP contribution is -2.26. The quantitative estimate of drug-likeness (QED) is 0.908. The molecule has 2 aromatic rings. The molecule has 0 bridgehead atoms. The predicted molar refractivity (Wildman–Crippen MR) is 73.2 cm³/mol. The van der Waals surface area contributed by atoms with Crippen LogP contribution in [0.15, 0.2) is 42.5 Å². The largest absolute Gasteiger partial charge is 0.327 e. The van der Waals surface area contributed by atoms with Crippen molar-refractivity contribution in [3.63, 3.8) is 0 Å². The van der Waals surface area contributed by atoms with E-state index in [-0.39, 0.29) is 16.9 Å². The Hall–Kier alpha value is -1.45. The van der Waals surface area contributed by atoms with Gasteiger partial charge in [-0.2, -0.15) is 0 Å². The van der Waals surface area contributed by atoms with Crippen LogP contribution >= 0.6 is 11.6 Å². The molecule has 0 fully saturated rings. The molecule has 0 aliphatic rings. The molecule has 0 amide bonds. The zero-order valence-corrected chi connectivity index (χ0v) is 11.0. The van der Waals surface area contributed by atoms with Crippen molar-refractivity contribution in [2.45, 2.75) is 18.9 Å². The van der Waals surface area contributed by atoms with Gasteiger partial charge in [0.1, 0.15) is 11.6 Å². The summed E-state index contributed by atoms with van der Waals surface area (Å²) in [5, 5.41) is 0.103. The Morgan fingerprint density at radius 2 is 1.68 bits per heavy atom. The number of benzene rings is 2. The first-order valence-electron chi connectivity index (χ1n) is 5.99. The Kier molecular flexibility index (Phi) is 4.51. The summed E-state index contributed by atoms with van der Waals surface area (Å²) in [7, 11) is 0. The molecule has 0 aliphatic carbocycles. The third kappa shape index (κ3) is 3.75. The second-order valence-electron chi connectivity index (χ2n) is 4.51. The SMILES string of the molecule is NC(Cc1ccc(F)cc1)Cc1cccc(Cl)c1F. The first-order chi connectivity index (χ1) is 9.06. The van der Waals surface area contributed by atoms with Gasteiger partial charge < -0.3 is 5.73 Å². The minimum atomic E-state index is -0.418. The lowest BCUT2D eigenvalue weighted by molar-refractivity contribution is 0.583. The van der Waals surface area contributed by atoms with Gasteiger partial charge >= 0.3 is 0 Å². The van der Waals surface area contributed by atoms with E-state index in [4.69, 9.17) is 17.3 Å². The van der Waals surface area contributed by atoms with Crippen LogP contribution < -0.4 is 5.73 Å². The third-order valence-electron chi connectivity index (χ3n) is 2.92. The number of nitrogens with two attached hydrogens (primary N) is 1. The maximum atomic E-state index is 13.7. The second kappa shape index (κ2) is 6.13. The van der Waals surface area contributed by atoms with Gasteiger partial charge in [-0.1, -0.05) is 35.9 Å². The van der Waals surface area contributed by atoms with Crippen LogP contribution in [0.1, 0.15) is 11.1 Å². The van der Waals surface area contributed by atoms with E-state index in [1.54, 1.807) is 24.3 Å². The average molecular weight is 282 g/mol. The van der Waals surface area contributed by atoms with Gasteiger partial charge in [0.25, 0.3) is 0 Å². The van der Waals surface area contributed by atoms with Crippen molar-refractivity contribution in [1.29, 1.82) is 0 Å². The molecule has 0 heterocycles. The van der Waals surface area contributed by atoms with Crippen molar-refractivity contribution in [3.8, 4) is 0 Å². The van der Waals surface area contributed by atoms with Gasteiger partial charge in [0.15, 0.2) is 0 Å². The molecule has 2 rings (SSSR count). The van der Waals surface area contributed by atoms with Crippen molar-refractivity contribution >= 4 is 11.6 Å². The summed E-state index contributed by atoms with van der Waals surface area (Å²) < 4.78 is 26.5. The number of halogens is 3. The molecule has 100 valence electrons. The minimum absolute atomic E-state index is 0.103. The van der Waals surface area contributed by atoms with Gasteiger partial charge in [0, 0.05) is 6.04 Å². The van der Waals surface area contributed by atoms with Crippen LogP contribution in [0.25, 0.3) is 0 Å². The van der Waals surface area contributed by atoms with E-state index in [0.717, 1.165) is 5.56 Å². The summed E-state index contributed by atoms with van der Waals surface area (Å²) in [6, 6.07) is 10.8. The molecule has 1 atom stereocenters. The van der Waals surface area contributed by atoms with Gasteiger partial charge in [0.05, 0.1) is 5.02 Å². The van der Waals surface area contributed by atoms with E-state index in [9.17, 15) is 8.78 Å². The first-order valence-corrected chi connectivity index (χ1v) is 6.37. The summed E-state index contributed by atoms with van der Waals surface area (Å²) in [5.74, 6) is -0.697. The molecule has 0 aromatic heterocycles. The number of rotatable bonds is 4. The van der Waals surface area contributed by atoms with E-state index in [1.165, 1.54) is 18.2 Å². The zero-order chi connectivity index (χ0) is 13.8. The molecule has 4 heteroatoms. The van der Waals surface area contributed by atoms with E-state index in [1.807, 2.05) is 0 Å². The van der Waals surface area contributed by atoms with Gasteiger partial charge in [-0.25, -0.2) is 8.78 Å². The Morgan fingerprint density at radius 1 is 1.00 bits per heavy atom. The molecule has 0 radical (unpaired) electrons. The molecule has 0 saturated carbocycles. The molecule has 2 N–H and O–H groups in total. The zero-order valence-electron chi connectivity index (χ0n) is 10.2. The fourth-order valence-electron chi connectivity index (χ4n) is 1.98. The molecule has 0 saturated heterocycles. The van der Waals surface area contributed by atoms with Gasteiger partial charge in [0.2, 0.25) is 0 Å². The fraction of sp³-hybridized carbons (Fsp3) is 0.200. The standard InChI is InChI=1S/C15H14ClF2N/c16-14-3-1-2-11(15(14)18)9-13(19)8-10-4-6-12(17)7-5-10/h1-7,13H,8-9,19H2. The van der Waals surface area contributed by atoms with Crippen molar-refractivity contribution in [2.24, 2.45) is 5.73 Å². The van der Waals surface area contributed by atoms with E-state index >= 15 is 0 Å². The van der Waals surface area contributed by atoms with Crippen LogP contribution in [-0.4, -0.2) is 6.04 Å². The number of hydrogen-bond acceptors (Lipinski definition) is 1. The lowest BCUT2D eigenvalue weighted by atomic mass is 9.99. The van der Waals surface area contributed by atoms with Crippen LogP contribution in [0.4, 0.5) is 8.78 Å². The summed E-state index contributed by atoms with van der Waals surface area (Å²) in [4.78, 5) is 0. The van der Waals surface area contributed by atoms with Crippen molar-refractivity contribution in [2.75, 3.05) is 0 Å². The van der Waals surface area contributed by atoms with E-state index in [0.29, 0.717) is 18.4 Å². The predicted octanol–water partition coefficient (Wildman–Crippen LogP) is 3.73. The Labute approximate surface area is 116 Å². The van der Waals surface area contributed by atoms with Crippen LogP contribution in [0, 0.1) is 11.6 Å². The van der Waals surface area contributed by atoms with Crippen molar-refractivity contribution in [1.82, 2.24) is 0 Å². The summed E-state index contributed by atoms with van der Waals surface area (Å²) in [5.41, 5.74) is 7.42. The highest BCUT2D eigenvalue weighted by Crippen LogP contribution is 2.19. The normalized spacial score (nSPS) is 12.4. The van der Waals surface area contributed by atoms with Crippen molar-refractivity contribution in [3.05, 3.63) is 70.2 Å². The van der Waals surface area contributed by atoms with Gasteiger partial charge in [-0.05, 0) is 42.2 Å². The van der Waals surface area contributed by atoms with Crippen LogP contribution in [0.3, 0.4) is 0 Å². The Bertz CT molecular complexity index is 555. The summed E-state index contributed by atoms with van der Waals surface area (Å²) >= 11 is 5.72. The van der Waals surface area contributed by atoms with Crippen LogP contribution in [-0.2, 0) is 12.8 Å². The lowest BCUT2D eigenvalue weighted by Gasteiger charge is -2.13. The maximum absolute atomic E-state index is 13.7. The average Bonchev–Trinajstić information content (AvgIpc) is 2.38. The highest BCUT2D eigenvalue weighted by molar-refractivity contribution is 6.30. The first kappa shape index (κ1) is 14.0. The Balaban J connectivity index is 2.03. The van der Waals surface area contributed by atoms with Crippen molar-refractivity contribution < 1.29 is 8.78 Å². The summed E-state index contributed by atoms with van der Waals surface area (Å²) in [6.07, 6.45) is 0.954. The van der Waals surface area contributed by atoms with E-state index < -0.39 is 5.82 Å². The molecule has 0 spiro atoms. The molecular weight excluding hydrogens is 268 g/mol. The summed E-state index contributed by atoms with van der Waals surface area (Å²) in [6.45, 7) is 0. The third-order valence-corrected chi connectivity index (χ3v) is 3.22. The van der Waals surface area contributed by atoms with Crippen LogP contribution in [0.2, 0.25) is 5.02 Å². The fourth-order valence-corrected chi connectivity index (χ4v) is 2.18. The highest BCUT2D eigenvalue weighted by atomic mass is 35.5. The molecule has 0 aliphatic heterocycles. The number of hydrogen-bond donors (Lipinski definition) is 1. The monoisotopic (exact) mass is 281 g/mol. The maximum Gasteiger partial charge on any atom is 0.145 e.